The predicted octanol–water partition coefficient (Wildman–Crippen LogP) is 2.91. The van der Waals surface area contributed by atoms with Crippen molar-refractivity contribution in [2.45, 2.75) is 13.8 Å². The summed E-state index contributed by atoms with van der Waals surface area (Å²) in [7, 11) is 0. The zero-order chi connectivity index (χ0) is 12.4. The van der Waals surface area contributed by atoms with Crippen LogP contribution in [0.1, 0.15) is 22.8 Å². The number of hydrogen-bond donors (Lipinski definition) is 1. The molecule has 0 bridgehead atoms. The zero-order valence-corrected chi connectivity index (χ0v) is 9.99. The quantitative estimate of drug-likeness (QED) is 0.636. The normalized spacial score (nSPS) is 10.5. The molecule has 0 amide bonds. The predicted molar refractivity (Wildman–Crippen MR) is 69.1 cm³/mol. The van der Waals surface area contributed by atoms with Gasteiger partial charge in [0.25, 0.3) is 0 Å². The lowest BCUT2D eigenvalue weighted by Crippen LogP contribution is -2.10. The molecule has 3 heteroatoms. The highest BCUT2D eigenvalue weighted by atomic mass is 16.5. The monoisotopic (exact) mass is 229 g/mol. The van der Waals surface area contributed by atoms with E-state index in [2.05, 4.69) is 0 Å². The first-order chi connectivity index (χ1) is 8.15. The van der Waals surface area contributed by atoms with Crippen molar-refractivity contribution in [3.05, 3.63) is 41.5 Å². The smallest absolute Gasteiger partial charge is 0.340 e. The van der Waals surface area contributed by atoms with Crippen LogP contribution >= 0.6 is 0 Å². The van der Waals surface area contributed by atoms with E-state index in [9.17, 15) is 4.79 Å². The molecule has 0 saturated carbocycles. The van der Waals surface area contributed by atoms with Gasteiger partial charge in [-0.05, 0) is 24.8 Å². The van der Waals surface area contributed by atoms with Crippen molar-refractivity contribution in [2.24, 2.45) is 0 Å². The van der Waals surface area contributed by atoms with Crippen LogP contribution in [0.2, 0.25) is 0 Å². The topological polar surface area (TPSA) is 52.3 Å². The average molecular weight is 229 g/mol. The van der Waals surface area contributed by atoms with Crippen LogP contribution in [0.25, 0.3) is 10.8 Å². The van der Waals surface area contributed by atoms with E-state index in [4.69, 9.17) is 10.5 Å². The van der Waals surface area contributed by atoms with Crippen LogP contribution in [0.5, 0.6) is 0 Å². The van der Waals surface area contributed by atoms with Gasteiger partial charge in [-0.1, -0.05) is 30.3 Å². The molecule has 0 aliphatic carbocycles. The number of carbonyl (C=O) groups excluding carboxylic acids is 1. The Kier molecular flexibility index (Phi) is 3.00. The van der Waals surface area contributed by atoms with Gasteiger partial charge >= 0.3 is 5.97 Å². The Morgan fingerprint density at radius 3 is 2.76 bits per heavy atom. The highest BCUT2D eigenvalue weighted by molar-refractivity contribution is 6.06. The van der Waals surface area contributed by atoms with Crippen LogP contribution in [-0.4, -0.2) is 12.6 Å². The molecule has 0 aliphatic rings. The minimum Gasteiger partial charge on any atom is -0.462 e. The fourth-order valence-corrected chi connectivity index (χ4v) is 1.99. The van der Waals surface area contributed by atoms with Gasteiger partial charge in [0.2, 0.25) is 0 Å². The maximum absolute atomic E-state index is 11.8. The number of fused-ring (bicyclic) bond motifs is 1. The summed E-state index contributed by atoms with van der Waals surface area (Å²) in [6, 6.07) is 9.70. The first kappa shape index (κ1) is 11.5. The molecule has 0 radical (unpaired) electrons. The van der Waals surface area contributed by atoms with E-state index in [-0.39, 0.29) is 5.97 Å². The van der Waals surface area contributed by atoms with Crippen LogP contribution in [0.3, 0.4) is 0 Å². The SMILES string of the molecule is CCOC(=O)c1c(C)cc2ccccc2c1N. The molecular weight excluding hydrogens is 214 g/mol. The number of benzene rings is 2. The molecular formula is C14H15NO2. The van der Waals surface area contributed by atoms with Crippen LogP contribution < -0.4 is 5.73 Å². The molecule has 17 heavy (non-hydrogen) atoms. The van der Waals surface area contributed by atoms with E-state index in [1.807, 2.05) is 37.3 Å². The molecule has 3 nitrogen and oxygen atoms in total. The molecule has 0 atom stereocenters. The van der Waals surface area contributed by atoms with E-state index in [1.54, 1.807) is 6.92 Å². The van der Waals surface area contributed by atoms with E-state index in [0.29, 0.717) is 17.9 Å². The molecule has 88 valence electrons. The van der Waals surface area contributed by atoms with Crippen molar-refractivity contribution >= 4 is 22.4 Å². The van der Waals surface area contributed by atoms with Gasteiger partial charge in [-0.25, -0.2) is 4.79 Å². The van der Waals surface area contributed by atoms with Crippen molar-refractivity contribution < 1.29 is 9.53 Å². The van der Waals surface area contributed by atoms with Crippen molar-refractivity contribution in [3.8, 4) is 0 Å². The third-order valence-electron chi connectivity index (χ3n) is 2.77. The van der Waals surface area contributed by atoms with Crippen molar-refractivity contribution in [2.75, 3.05) is 12.3 Å². The Hall–Kier alpha value is -2.03. The Bertz CT molecular complexity index is 576. The third-order valence-corrected chi connectivity index (χ3v) is 2.77. The molecule has 0 aromatic heterocycles. The molecule has 2 N–H and O–H groups in total. The summed E-state index contributed by atoms with van der Waals surface area (Å²) < 4.78 is 5.02. The van der Waals surface area contributed by atoms with Crippen LogP contribution in [0.15, 0.2) is 30.3 Å². The number of rotatable bonds is 2. The number of hydrogen-bond acceptors (Lipinski definition) is 3. The van der Waals surface area contributed by atoms with Gasteiger partial charge in [-0.3, -0.25) is 0 Å². The molecule has 0 aliphatic heterocycles. The van der Waals surface area contributed by atoms with Gasteiger partial charge in [0.1, 0.15) is 0 Å². The average Bonchev–Trinajstić information content (AvgIpc) is 2.29. The van der Waals surface area contributed by atoms with E-state index in [0.717, 1.165) is 16.3 Å². The summed E-state index contributed by atoms with van der Waals surface area (Å²) in [6.45, 7) is 4.00. The third kappa shape index (κ3) is 1.96. The lowest BCUT2D eigenvalue weighted by Gasteiger charge is -2.11. The number of esters is 1. The van der Waals surface area contributed by atoms with Gasteiger partial charge in [-0.15, -0.1) is 0 Å². The fraction of sp³-hybridized carbons (Fsp3) is 0.214. The second-order valence-electron chi connectivity index (χ2n) is 3.92. The number of aryl methyl sites for hydroxylation is 1. The first-order valence-electron chi connectivity index (χ1n) is 5.60. The van der Waals surface area contributed by atoms with Crippen LogP contribution in [-0.2, 0) is 4.74 Å². The molecule has 0 spiro atoms. The molecule has 0 heterocycles. The largest absolute Gasteiger partial charge is 0.462 e. The summed E-state index contributed by atoms with van der Waals surface area (Å²) in [5.74, 6) is -0.353. The fourth-order valence-electron chi connectivity index (χ4n) is 1.99. The highest BCUT2D eigenvalue weighted by Gasteiger charge is 2.16. The van der Waals surface area contributed by atoms with E-state index < -0.39 is 0 Å². The van der Waals surface area contributed by atoms with E-state index >= 15 is 0 Å². The van der Waals surface area contributed by atoms with Crippen molar-refractivity contribution in [3.63, 3.8) is 0 Å². The Morgan fingerprint density at radius 2 is 2.06 bits per heavy atom. The minimum absolute atomic E-state index is 0.352. The van der Waals surface area contributed by atoms with Crippen LogP contribution in [0, 0.1) is 6.92 Å². The van der Waals surface area contributed by atoms with Gasteiger partial charge in [0, 0.05) is 5.39 Å². The summed E-state index contributed by atoms with van der Waals surface area (Å²) in [5.41, 5.74) is 7.87. The molecule has 0 saturated heterocycles. The first-order valence-corrected chi connectivity index (χ1v) is 5.60. The number of nitrogens with two attached hydrogens (primary N) is 1. The highest BCUT2D eigenvalue weighted by Crippen LogP contribution is 2.28. The lowest BCUT2D eigenvalue weighted by molar-refractivity contribution is 0.0527. The Balaban J connectivity index is 2.67. The zero-order valence-electron chi connectivity index (χ0n) is 9.99. The summed E-state index contributed by atoms with van der Waals surface area (Å²) in [4.78, 5) is 11.8. The minimum atomic E-state index is -0.353. The van der Waals surface area contributed by atoms with Gasteiger partial charge < -0.3 is 10.5 Å². The lowest BCUT2D eigenvalue weighted by atomic mass is 9.99. The molecule has 0 fully saturated rings. The van der Waals surface area contributed by atoms with Crippen molar-refractivity contribution in [1.29, 1.82) is 0 Å². The van der Waals surface area contributed by atoms with Gasteiger partial charge in [0.15, 0.2) is 0 Å². The Labute approximate surface area is 100 Å². The maximum Gasteiger partial charge on any atom is 0.340 e. The van der Waals surface area contributed by atoms with Gasteiger partial charge in [-0.2, -0.15) is 0 Å². The summed E-state index contributed by atoms with van der Waals surface area (Å²) in [5, 5.41) is 1.93. The second-order valence-corrected chi connectivity index (χ2v) is 3.92. The number of ether oxygens (including phenoxy) is 1. The molecule has 2 aromatic carbocycles. The number of nitrogen functional groups attached to an aromatic ring is 1. The molecule has 2 rings (SSSR count). The number of anilines is 1. The second kappa shape index (κ2) is 4.45. The van der Waals surface area contributed by atoms with Crippen molar-refractivity contribution in [1.82, 2.24) is 0 Å². The van der Waals surface area contributed by atoms with E-state index in [1.165, 1.54) is 0 Å². The summed E-state index contributed by atoms with van der Waals surface area (Å²) >= 11 is 0. The summed E-state index contributed by atoms with van der Waals surface area (Å²) in [6.07, 6.45) is 0. The number of carbonyl (C=O) groups is 1. The molecule has 0 unspecified atom stereocenters. The standard InChI is InChI=1S/C14H15NO2/c1-3-17-14(16)12-9(2)8-10-6-4-5-7-11(10)13(12)15/h4-8H,3,15H2,1-2H3. The van der Waals surface area contributed by atoms with Crippen LogP contribution in [0.4, 0.5) is 5.69 Å². The van der Waals surface area contributed by atoms with Gasteiger partial charge in [0.05, 0.1) is 17.9 Å². The maximum atomic E-state index is 11.8. The Morgan fingerprint density at radius 1 is 1.35 bits per heavy atom. The molecule has 2 aromatic rings.